The van der Waals surface area contributed by atoms with Crippen LogP contribution in [0.3, 0.4) is 0 Å². The quantitative estimate of drug-likeness (QED) is 0.458. The van der Waals surface area contributed by atoms with Crippen LogP contribution < -0.4 is 24.8 Å². The van der Waals surface area contributed by atoms with E-state index < -0.39 is 0 Å². The summed E-state index contributed by atoms with van der Waals surface area (Å²) in [5.74, 6) is 0.773. The van der Waals surface area contributed by atoms with Crippen LogP contribution in [0, 0.1) is 18.9 Å². The SMILES string of the molecule is [C-]1=CC=CC1.[CH2-]CC(C)C.[Cl-].[Cl-].[Zr+4]. The second kappa shape index (κ2) is 18.7. The maximum Gasteiger partial charge on any atom is 4.00 e. The first kappa shape index (κ1) is 23.6. The van der Waals surface area contributed by atoms with Gasteiger partial charge < -0.3 is 31.7 Å². The topological polar surface area (TPSA) is 0 Å². The van der Waals surface area contributed by atoms with Crippen LogP contribution in [0.25, 0.3) is 0 Å². The summed E-state index contributed by atoms with van der Waals surface area (Å²) in [4.78, 5) is 0. The minimum Gasteiger partial charge on any atom is -1.00 e. The zero-order valence-corrected chi connectivity index (χ0v) is 12.2. The molecule has 74 valence electrons. The second-order valence-corrected chi connectivity index (χ2v) is 2.69. The van der Waals surface area contributed by atoms with Gasteiger partial charge in [0.2, 0.25) is 0 Å². The van der Waals surface area contributed by atoms with E-state index in [0.29, 0.717) is 0 Å². The van der Waals surface area contributed by atoms with Crippen molar-refractivity contribution in [2.75, 3.05) is 0 Å². The Morgan fingerprint density at radius 3 is 1.92 bits per heavy atom. The Kier molecular flexibility index (Phi) is 33.9. The van der Waals surface area contributed by atoms with Crippen molar-refractivity contribution in [1.29, 1.82) is 0 Å². The molecule has 0 heterocycles. The van der Waals surface area contributed by atoms with Gasteiger partial charge in [-0.05, 0) is 0 Å². The van der Waals surface area contributed by atoms with Gasteiger partial charge in [0.15, 0.2) is 0 Å². The standard InChI is InChI=1S/C5H5.C5H11.2ClH.Zr/c1-2-4-5-3-1;1-4-5(2)3;;;/h1-3H,4H2;5H,1,4H2,2-3H3;2*1H;/q2*-1;;;+4/p-2. The Hall–Kier alpha value is 0.943. The van der Waals surface area contributed by atoms with E-state index in [4.69, 9.17) is 0 Å². The van der Waals surface area contributed by atoms with E-state index in [0.717, 1.165) is 18.8 Å². The summed E-state index contributed by atoms with van der Waals surface area (Å²) in [6.45, 7) is 8.00. The Bertz CT molecular complexity index is 110. The van der Waals surface area contributed by atoms with Crippen LogP contribution >= 0.6 is 0 Å². The summed E-state index contributed by atoms with van der Waals surface area (Å²) in [6.07, 6.45) is 11.1. The van der Waals surface area contributed by atoms with Crippen LogP contribution in [-0.4, -0.2) is 0 Å². The molecule has 0 N–H and O–H groups in total. The van der Waals surface area contributed by atoms with Crippen molar-refractivity contribution in [1.82, 2.24) is 0 Å². The van der Waals surface area contributed by atoms with E-state index in [1.807, 2.05) is 12.2 Å². The van der Waals surface area contributed by atoms with Gasteiger partial charge in [0, 0.05) is 0 Å². The molecule has 0 fully saturated rings. The third kappa shape index (κ3) is 24.6. The van der Waals surface area contributed by atoms with E-state index in [2.05, 4.69) is 32.9 Å². The Morgan fingerprint density at radius 2 is 1.85 bits per heavy atom. The van der Waals surface area contributed by atoms with Crippen LogP contribution in [0.4, 0.5) is 0 Å². The summed E-state index contributed by atoms with van der Waals surface area (Å²) in [7, 11) is 0. The molecule has 0 saturated heterocycles. The molecule has 0 radical (unpaired) electrons. The predicted molar refractivity (Wildman–Crippen MR) is 46.4 cm³/mol. The minimum absolute atomic E-state index is 0. The van der Waals surface area contributed by atoms with Crippen molar-refractivity contribution < 1.29 is 51.0 Å². The number of hydrogen-bond acceptors (Lipinski definition) is 0. The molecule has 0 aliphatic heterocycles. The average Bonchev–Trinajstić information content (AvgIpc) is 2.43. The smallest absolute Gasteiger partial charge is 1.00 e. The largest absolute Gasteiger partial charge is 4.00 e. The third-order valence-electron chi connectivity index (χ3n) is 1.16. The number of rotatable bonds is 1. The molecule has 13 heavy (non-hydrogen) atoms. The van der Waals surface area contributed by atoms with Gasteiger partial charge in [0.05, 0.1) is 0 Å². The van der Waals surface area contributed by atoms with Crippen molar-refractivity contribution in [2.45, 2.75) is 26.7 Å². The molecule has 0 unspecified atom stereocenters. The van der Waals surface area contributed by atoms with Gasteiger partial charge in [0.25, 0.3) is 0 Å². The van der Waals surface area contributed by atoms with Gasteiger partial charge in [-0.2, -0.15) is 12.5 Å². The summed E-state index contributed by atoms with van der Waals surface area (Å²) in [6, 6.07) is 0. The fourth-order valence-corrected chi connectivity index (χ4v) is 0.340. The minimum atomic E-state index is 0. The van der Waals surface area contributed by atoms with Gasteiger partial charge in [-0.1, -0.05) is 19.8 Å². The normalized spacial score (nSPS) is 10.5. The summed E-state index contributed by atoms with van der Waals surface area (Å²) in [5.41, 5.74) is 0. The molecule has 1 rings (SSSR count). The summed E-state index contributed by atoms with van der Waals surface area (Å²) in [5, 5.41) is 0. The molecule has 3 heteroatoms. The zero-order chi connectivity index (χ0) is 7.82. The number of hydrogen-bond donors (Lipinski definition) is 0. The second-order valence-electron chi connectivity index (χ2n) is 2.69. The maximum atomic E-state index is 3.69. The van der Waals surface area contributed by atoms with Gasteiger partial charge in [-0.3, -0.25) is 6.08 Å². The first-order valence-electron chi connectivity index (χ1n) is 3.78. The summed E-state index contributed by atoms with van der Waals surface area (Å²) < 4.78 is 0. The molecule has 0 bridgehead atoms. The van der Waals surface area contributed by atoms with E-state index in [9.17, 15) is 0 Å². The maximum absolute atomic E-state index is 3.69. The van der Waals surface area contributed by atoms with Crippen LogP contribution in [0.5, 0.6) is 0 Å². The van der Waals surface area contributed by atoms with E-state index in [-0.39, 0.29) is 51.0 Å². The van der Waals surface area contributed by atoms with Gasteiger partial charge in [-0.15, -0.1) is 6.42 Å². The number of halogens is 2. The van der Waals surface area contributed by atoms with E-state index in [1.165, 1.54) is 0 Å². The average molecular weight is 298 g/mol. The molecule has 1 aliphatic carbocycles. The molecule has 0 aromatic carbocycles. The first-order chi connectivity index (χ1) is 4.77. The molecule has 0 saturated carbocycles. The van der Waals surface area contributed by atoms with E-state index in [1.54, 1.807) is 0 Å². The Balaban J connectivity index is -0.0000000506. The molecule has 0 nitrogen and oxygen atoms in total. The zero-order valence-electron chi connectivity index (χ0n) is 8.19. The van der Waals surface area contributed by atoms with Crippen molar-refractivity contribution in [3.63, 3.8) is 0 Å². The first-order valence-corrected chi connectivity index (χ1v) is 3.78. The molecule has 0 atom stereocenters. The molecular weight excluding hydrogens is 282 g/mol. The fourth-order valence-electron chi connectivity index (χ4n) is 0.340. The molecule has 0 spiro atoms. The molecule has 0 amide bonds. The Morgan fingerprint density at radius 1 is 1.38 bits per heavy atom. The van der Waals surface area contributed by atoms with Crippen LogP contribution in [0.15, 0.2) is 18.2 Å². The van der Waals surface area contributed by atoms with Gasteiger partial charge in [0.1, 0.15) is 0 Å². The van der Waals surface area contributed by atoms with Crippen molar-refractivity contribution >= 4 is 0 Å². The van der Waals surface area contributed by atoms with Crippen LogP contribution in [0.2, 0.25) is 0 Å². The summed E-state index contributed by atoms with van der Waals surface area (Å²) >= 11 is 0. The Labute approximate surface area is 114 Å². The molecule has 0 aromatic heterocycles. The van der Waals surface area contributed by atoms with Crippen molar-refractivity contribution in [2.24, 2.45) is 5.92 Å². The van der Waals surface area contributed by atoms with Gasteiger partial charge in [-0.25, -0.2) is 12.2 Å². The fraction of sp³-hybridized carbons (Fsp3) is 0.500. The molecule has 0 aromatic rings. The monoisotopic (exact) mass is 296 g/mol. The molecule has 1 aliphatic rings. The third-order valence-corrected chi connectivity index (χ3v) is 1.16. The van der Waals surface area contributed by atoms with Crippen molar-refractivity contribution in [3.05, 3.63) is 31.2 Å². The van der Waals surface area contributed by atoms with Crippen LogP contribution in [0.1, 0.15) is 26.7 Å². The van der Waals surface area contributed by atoms with E-state index >= 15 is 0 Å². The van der Waals surface area contributed by atoms with Gasteiger partial charge >= 0.3 is 26.2 Å². The number of allylic oxidation sites excluding steroid dienone is 4. The molecular formula is C10H16Cl2Zr. The van der Waals surface area contributed by atoms with Crippen molar-refractivity contribution in [3.8, 4) is 0 Å². The predicted octanol–water partition coefficient (Wildman–Crippen LogP) is -2.82. The van der Waals surface area contributed by atoms with Crippen LogP contribution in [-0.2, 0) is 26.2 Å².